The molecule has 0 saturated carbocycles. The molecular weight excluding hydrogens is 489 g/mol. The van der Waals surface area contributed by atoms with Crippen molar-refractivity contribution in [3.05, 3.63) is 108 Å². The van der Waals surface area contributed by atoms with Crippen LogP contribution < -0.4 is 10.6 Å². The largest absolute Gasteiger partial charge is 0.436 e. The summed E-state index contributed by atoms with van der Waals surface area (Å²) < 4.78 is 18.8. The molecule has 1 unspecified atom stereocenters. The molecule has 0 aliphatic carbocycles. The summed E-state index contributed by atoms with van der Waals surface area (Å²) in [5.74, 6) is -0.322. The number of aromatic nitrogens is 1. The number of nitrogens with one attached hydrogen (secondary N) is 2. The van der Waals surface area contributed by atoms with Gasteiger partial charge >= 0.3 is 0 Å². The molecule has 2 amide bonds. The minimum atomic E-state index is -0.395. The number of carbonyl (C=O) groups is 2. The van der Waals surface area contributed by atoms with E-state index in [1.807, 2.05) is 67.6 Å². The number of rotatable bonds is 7. The molecule has 0 radical (unpaired) electrons. The molecule has 2 N–H and O–H groups in total. The molecule has 0 spiro atoms. The lowest BCUT2D eigenvalue weighted by molar-refractivity contribution is -0.115. The Labute approximate surface area is 216 Å². The normalized spacial score (nSPS) is 11.7. The van der Waals surface area contributed by atoms with Crippen molar-refractivity contribution in [1.29, 1.82) is 0 Å². The van der Waals surface area contributed by atoms with E-state index in [0.29, 0.717) is 22.8 Å². The molecule has 0 bridgehead atoms. The maximum Gasteiger partial charge on any atom is 0.255 e. The van der Waals surface area contributed by atoms with Gasteiger partial charge in [-0.05, 0) is 91.9 Å². The Balaban J connectivity index is 1.15. The zero-order valence-corrected chi connectivity index (χ0v) is 20.6. The van der Waals surface area contributed by atoms with Crippen LogP contribution in [0.5, 0.6) is 0 Å². The number of fused-ring (bicyclic) bond motifs is 1. The summed E-state index contributed by atoms with van der Waals surface area (Å²) in [7, 11) is 0. The molecule has 1 aromatic heterocycles. The van der Waals surface area contributed by atoms with Gasteiger partial charge in [0.05, 0.1) is 5.25 Å². The third kappa shape index (κ3) is 5.87. The molecule has 1 heterocycles. The second kappa shape index (κ2) is 10.7. The van der Waals surface area contributed by atoms with Gasteiger partial charge in [-0.2, -0.15) is 0 Å². The lowest BCUT2D eigenvalue weighted by Gasteiger charge is -2.13. The van der Waals surface area contributed by atoms with Gasteiger partial charge < -0.3 is 15.1 Å². The fraction of sp³-hybridized carbons (Fsp3) is 0.0690. The van der Waals surface area contributed by atoms with Gasteiger partial charge in [0.1, 0.15) is 11.3 Å². The average Bonchev–Trinajstić information content (AvgIpc) is 3.35. The van der Waals surface area contributed by atoms with E-state index in [0.717, 1.165) is 21.6 Å². The molecule has 1 atom stereocenters. The van der Waals surface area contributed by atoms with E-state index in [1.54, 1.807) is 12.1 Å². The van der Waals surface area contributed by atoms with Gasteiger partial charge in [-0.1, -0.05) is 12.1 Å². The molecule has 37 heavy (non-hydrogen) atoms. The standard InChI is InChI=1S/C29H22FN3O3S/c1-18(37-24-16-14-23(15-17-24)32-28(35)19-6-10-21(30)11-7-19)27(34)31-22-12-8-20(9-13-22)29-33-25-4-2-3-5-26(25)36-29/h2-18H,1H3,(H,31,34)(H,32,35). The van der Waals surface area contributed by atoms with Crippen LogP contribution in [0.4, 0.5) is 15.8 Å². The SMILES string of the molecule is CC(Sc1ccc(NC(=O)c2ccc(F)cc2)cc1)C(=O)Nc1ccc(-c2nc3ccccc3o2)cc1. The topological polar surface area (TPSA) is 84.2 Å². The number of oxazole rings is 1. The second-order valence-corrected chi connectivity index (χ2v) is 9.71. The van der Waals surface area contributed by atoms with Crippen LogP contribution in [0, 0.1) is 5.82 Å². The first-order valence-electron chi connectivity index (χ1n) is 11.5. The Morgan fingerprint density at radius 2 is 1.49 bits per heavy atom. The summed E-state index contributed by atoms with van der Waals surface area (Å²) in [5, 5.41) is 5.36. The summed E-state index contributed by atoms with van der Waals surface area (Å²) in [6.45, 7) is 1.83. The first-order chi connectivity index (χ1) is 17.9. The molecule has 5 aromatic rings. The van der Waals surface area contributed by atoms with Crippen LogP contribution in [0.2, 0.25) is 0 Å². The number of nitrogens with zero attached hydrogens (tertiary/aromatic N) is 1. The first-order valence-corrected chi connectivity index (χ1v) is 12.4. The minimum Gasteiger partial charge on any atom is -0.436 e. The van der Waals surface area contributed by atoms with E-state index in [4.69, 9.17) is 4.42 Å². The van der Waals surface area contributed by atoms with E-state index in [2.05, 4.69) is 15.6 Å². The fourth-order valence-electron chi connectivity index (χ4n) is 3.61. The molecule has 5 rings (SSSR count). The fourth-order valence-corrected chi connectivity index (χ4v) is 4.48. The third-order valence-electron chi connectivity index (χ3n) is 5.59. The van der Waals surface area contributed by atoms with Crippen molar-refractivity contribution in [3.8, 4) is 11.5 Å². The lowest BCUT2D eigenvalue weighted by Crippen LogP contribution is -2.22. The summed E-state index contributed by atoms with van der Waals surface area (Å²) in [4.78, 5) is 30.4. The van der Waals surface area contributed by atoms with Crippen LogP contribution in [-0.2, 0) is 4.79 Å². The van der Waals surface area contributed by atoms with Gasteiger partial charge in [-0.25, -0.2) is 9.37 Å². The maximum absolute atomic E-state index is 13.1. The van der Waals surface area contributed by atoms with Crippen LogP contribution in [-0.4, -0.2) is 22.0 Å². The number of carbonyl (C=O) groups excluding carboxylic acids is 2. The quantitative estimate of drug-likeness (QED) is 0.230. The molecule has 4 aromatic carbocycles. The highest BCUT2D eigenvalue weighted by Gasteiger charge is 2.15. The number of thioether (sulfide) groups is 1. The highest BCUT2D eigenvalue weighted by molar-refractivity contribution is 8.00. The van der Waals surface area contributed by atoms with Gasteiger partial charge in [0, 0.05) is 27.4 Å². The highest BCUT2D eigenvalue weighted by atomic mass is 32.2. The van der Waals surface area contributed by atoms with Crippen molar-refractivity contribution >= 4 is 46.1 Å². The summed E-state index contributed by atoms with van der Waals surface area (Å²) >= 11 is 1.41. The number of amides is 2. The minimum absolute atomic E-state index is 0.131. The number of hydrogen-bond acceptors (Lipinski definition) is 5. The van der Waals surface area contributed by atoms with Crippen molar-refractivity contribution in [2.24, 2.45) is 0 Å². The van der Waals surface area contributed by atoms with Crippen LogP contribution in [0.3, 0.4) is 0 Å². The zero-order valence-electron chi connectivity index (χ0n) is 19.8. The number of para-hydroxylation sites is 2. The van der Waals surface area contributed by atoms with Gasteiger partial charge in [0.25, 0.3) is 5.91 Å². The van der Waals surface area contributed by atoms with E-state index < -0.39 is 5.82 Å². The highest BCUT2D eigenvalue weighted by Crippen LogP contribution is 2.28. The smallest absolute Gasteiger partial charge is 0.255 e. The molecule has 8 heteroatoms. The Kier molecular flexibility index (Phi) is 7.00. The van der Waals surface area contributed by atoms with Crippen molar-refractivity contribution in [2.75, 3.05) is 10.6 Å². The van der Waals surface area contributed by atoms with Crippen molar-refractivity contribution < 1.29 is 18.4 Å². The molecule has 0 saturated heterocycles. The van der Waals surface area contributed by atoms with Crippen LogP contribution in [0.1, 0.15) is 17.3 Å². The predicted octanol–water partition coefficient (Wildman–Crippen LogP) is 7.01. The average molecular weight is 512 g/mol. The van der Waals surface area contributed by atoms with E-state index in [9.17, 15) is 14.0 Å². The van der Waals surface area contributed by atoms with E-state index in [-0.39, 0.29) is 17.1 Å². The van der Waals surface area contributed by atoms with E-state index >= 15 is 0 Å². The Morgan fingerprint density at radius 3 is 2.19 bits per heavy atom. The van der Waals surface area contributed by atoms with Crippen molar-refractivity contribution in [1.82, 2.24) is 4.98 Å². The van der Waals surface area contributed by atoms with Gasteiger partial charge in [-0.3, -0.25) is 9.59 Å². The summed E-state index contributed by atoms with van der Waals surface area (Å²) in [5.41, 5.74) is 3.99. The predicted molar refractivity (Wildman–Crippen MR) is 144 cm³/mol. The third-order valence-corrected chi connectivity index (χ3v) is 6.71. The van der Waals surface area contributed by atoms with Gasteiger partial charge in [0.2, 0.25) is 11.8 Å². The molecular formula is C29H22FN3O3S. The molecule has 6 nitrogen and oxygen atoms in total. The lowest BCUT2D eigenvalue weighted by atomic mass is 10.2. The Bertz CT molecular complexity index is 1520. The molecule has 0 aliphatic rings. The molecule has 184 valence electrons. The number of halogens is 1. The van der Waals surface area contributed by atoms with Gasteiger partial charge in [0.15, 0.2) is 5.58 Å². The number of benzene rings is 4. The monoisotopic (exact) mass is 511 g/mol. The maximum atomic E-state index is 13.1. The van der Waals surface area contributed by atoms with Gasteiger partial charge in [-0.15, -0.1) is 11.8 Å². The number of anilines is 2. The zero-order chi connectivity index (χ0) is 25.8. The Morgan fingerprint density at radius 1 is 0.838 bits per heavy atom. The van der Waals surface area contributed by atoms with Crippen molar-refractivity contribution in [2.45, 2.75) is 17.1 Å². The van der Waals surface area contributed by atoms with Crippen LogP contribution in [0.15, 0.2) is 106 Å². The van der Waals surface area contributed by atoms with Crippen LogP contribution >= 0.6 is 11.8 Å². The summed E-state index contributed by atoms with van der Waals surface area (Å²) in [6, 6.07) is 27.5. The summed E-state index contributed by atoms with van der Waals surface area (Å²) in [6.07, 6.45) is 0. The number of hydrogen-bond donors (Lipinski definition) is 2. The molecule has 0 fully saturated rings. The van der Waals surface area contributed by atoms with E-state index in [1.165, 1.54) is 36.0 Å². The first kappa shape index (κ1) is 24.3. The Hall–Kier alpha value is -4.43. The van der Waals surface area contributed by atoms with Crippen molar-refractivity contribution in [3.63, 3.8) is 0 Å². The molecule has 0 aliphatic heterocycles. The van der Waals surface area contributed by atoms with Crippen LogP contribution in [0.25, 0.3) is 22.6 Å². The second-order valence-electron chi connectivity index (χ2n) is 8.30.